The Hall–Kier alpha value is -1.84. The lowest BCUT2D eigenvalue weighted by Crippen LogP contribution is -2.64. The second-order valence-corrected chi connectivity index (χ2v) is 9.92. The summed E-state index contributed by atoms with van der Waals surface area (Å²) >= 11 is 1.63. The standard InChI is InChI=1S/C21H26N4OS/c1-15-13-27-18(22-15)4-5-20-9-16-8-17(10-20)12-21(11-16,14-20)23-19(26)25-7-3-6-24(25)2/h3,7,13,16-17H,6,8-12,14H2,1-2H3,(H,23,26). The van der Waals surface area contributed by atoms with Gasteiger partial charge in [-0.25, -0.2) is 19.8 Å². The number of nitrogens with zero attached hydrogens (tertiary/aromatic N) is 3. The molecule has 2 atom stereocenters. The minimum atomic E-state index is -0.0914. The van der Waals surface area contributed by atoms with Crippen LogP contribution in [0.4, 0.5) is 4.79 Å². The lowest BCUT2D eigenvalue weighted by atomic mass is 9.47. The van der Waals surface area contributed by atoms with E-state index in [1.807, 2.05) is 31.3 Å². The molecule has 0 spiro atoms. The summed E-state index contributed by atoms with van der Waals surface area (Å²) in [6.07, 6.45) is 10.8. The average Bonchev–Trinajstić information content (AvgIpc) is 3.19. The first-order valence-corrected chi connectivity index (χ1v) is 10.8. The highest BCUT2D eigenvalue weighted by Crippen LogP contribution is 2.61. The Bertz CT molecular complexity index is 849. The van der Waals surface area contributed by atoms with Gasteiger partial charge < -0.3 is 5.32 Å². The molecule has 4 aliphatic carbocycles. The predicted molar refractivity (Wildman–Crippen MR) is 106 cm³/mol. The van der Waals surface area contributed by atoms with E-state index in [2.05, 4.69) is 27.5 Å². The summed E-state index contributed by atoms with van der Waals surface area (Å²) in [5.41, 5.74) is 0.997. The number of carbonyl (C=O) groups is 1. The molecule has 5 aliphatic rings. The van der Waals surface area contributed by atoms with E-state index in [-0.39, 0.29) is 17.0 Å². The number of aromatic nitrogens is 1. The molecule has 2 heterocycles. The second kappa shape index (κ2) is 6.08. The van der Waals surface area contributed by atoms with Crippen LogP contribution >= 0.6 is 11.3 Å². The van der Waals surface area contributed by atoms with Gasteiger partial charge in [0.05, 0.1) is 0 Å². The zero-order valence-electron chi connectivity index (χ0n) is 16.0. The zero-order valence-corrected chi connectivity index (χ0v) is 16.8. The fourth-order valence-corrected chi connectivity index (χ4v) is 6.80. The highest BCUT2D eigenvalue weighted by atomic mass is 32.1. The van der Waals surface area contributed by atoms with Crippen LogP contribution < -0.4 is 5.32 Å². The molecule has 27 heavy (non-hydrogen) atoms. The molecule has 1 aromatic rings. The minimum absolute atomic E-state index is 0.00635. The molecule has 2 amide bonds. The lowest BCUT2D eigenvalue weighted by Gasteiger charge is -2.60. The number of urea groups is 1. The summed E-state index contributed by atoms with van der Waals surface area (Å²) in [6, 6.07) is 0.00635. The van der Waals surface area contributed by atoms with Crippen LogP contribution in [0.25, 0.3) is 0 Å². The summed E-state index contributed by atoms with van der Waals surface area (Å²) in [6.45, 7) is 2.80. The first-order chi connectivity index (χ1) is 12.9. The van der Waals surface area contributed by atoms with E-state index in [0.29, 0.717) is 11.8 Å². The van der Waals surface area contributed by atoms with Crippen molar-refractivity contribution in [1.82, 2.24) is 20.3 Å². The van der Waals surface area contributed by atoms with Crippen molar-refractivity contribution in [2.75, 3.05) is 13.6 Å². The molecule has 4 fully saturated rings. The van der Waals surface area contributed by atoms with Gasteiger partial charge in [-0.1, -0.05) is 12.0 Å². The van der Waals surface area contributed by atoms with Crippen molar-refractivity contribution in [1.29, 1.82) is 0 Å². The maximum absolute atomic E-state index is 12.9. The van der Waals surface area contributed by atoms with Crippen molar-refractivity contribution in [2.24, 2.45) is 17.3 Å². The monoisotopic (exact) mass is 382 g/mol. The van der Waals surface area contributed by atoms with Gasteiger partial charge in [0.1, 0.15) is 0 Å². The molecule has 5 nitrogen and oxygen atoms in total. The number of amides is 2. The molecule has 0 radical (unpaired) electrons. The Morgan fingerprint density at radius 3 is 2.74 bits per heavy atom. The van der Waals surface area contributed by atoms with Gasteiger partial charge in [-0.3, -0.25) is 0 Å². The fraction of sp³-hybridized carbons (Fsp3) is 0.619. The van der Waals surface area contributed by atoms with E-state index in [4.69, 9.17) is 0 Å². The Balaban J connectivity index is 1.39. The number of aryl methyl sites for hydroxylation is 1. The molecular formula is C21H26N4OS. The number of hydrogen-bond donors (Lipinski definition) is 1. The summed E-state index contributed by atoms with van der Waals surface area (Å²) < 4.78 is 0. The summed E-state index contributed by atoms with van der Waals surface area (Å²) in [4.78, 5) is 17.4. The quantitative estimate of drug-likeness (QED) is 0.756. The topological polar surface area (TPSA) is 48.5 Å². The third-order valence-electron chi connectivity index (χ3n) is 6.68. The molecule has 1 aliphatic heterocycles. The Kier molecular flexibility index (Phi) is 3.89. The Morgan fingerprint density at radius 1 is 1.33 bits per heavy atom. The van der Waals surface area contributed by atoms with Crippen molar-refractivity contribution in [3.05, 3.63) is 28.4 Å². The van der Waals surface area contributed by atoms with Crippen molar-refractivity contribution in [2.45, 2.75) is 51.0 Å². The lowest BCUT2D eigenvalue weighted by molar-refractivity contribution is -0.0499. The molecule has 6 rings (SSSR count). The number of hydrazine groups is 1. The molecule has 142 valence electrons. The maximum atomic E-state index is 12.9. The number of likely N-dealkylation sites (N-methyl/N-ethyl adjacent to an activating group) is 1. The van der Waals surface area contributed by atoms with Crippen molar-refractivity contribution in [3.63, 3.8) is 0 Å². The first-order valence-electron chi connectivity index (χ1n) is 9.89. The molecular weight excluding hydrogens is 356 g/mol. The zero-order chi connectivity index (χ0) is 18.6. The number of hydrogen-bond acceptors (Lipinski definition) is 4. The van der Waals surface area contributed by atoms with E-state index in [1.54, 1.807) is 16.3 Å². The van der Waals surface area contributed by atoms with E-state index >= 15 is 0 Å². The molecule has 4 bridgehead atoms. The van der Waals surface area contributed by atoms with Crippen molar-refractivity contribution < 1.29 is 4.79 Å². The Labute approximate surface area is 164 Å². The smallest absolute Gasteiger partial charge is 0.331 e. The number of carbonyl (C=O) groups excluding carboxylic acids is 1. The van der Waals surface area contributed by atoms with Crippen LogP contribution in [-0.4, -0.2) is 40.2 Å². The van der Waals surface area contributed by atoms with Crippen LogP contribution in [0.2, 0.25) is 0 Å². The van der Waals surface area contributed by atoms with Crippen LogP contribution in [0.1, 0.15) is 49.2 Å². The van der Waals surface area contributed by atoms with Crippen LogP contribution in [0.5, 0.6) is 0 Å². The summed E-state index contributed by atoms with van der Waals surface area (Å²) in [5, 5.41) is 10.1. The largest absolute Gasteiger partial charge is 0.336 e. The van der Waals surface area contributed by atoms with Gasteiger partial charge in [0.25, 0.3) is 0 Å². The van der Waals surface area contributed by atoms with Gasteiger partial charge in [-0.05, 0) is 63.2 Å². The van der Waals surface area contributed by atoms with Crippen LogP contribution in [-0.2, 0) is 0 Å². The van der Waals surface area contributed by atoms with Crippen LogP contribution in [0.15, 0.2) is 17.7 Å². The van der Waals surface area contributed by atoms with Gasteiger partial charge in [-0.15, -0.1) is 11.3 Å². The van der Waals surface area contributed by atoms with Gasteiger partial charge in [-0.2, -0.15) is 0 Å². The summed E-state index contributed by atoms with van der Waals surface area (Å²) in [5.74, 6) is 8.38. The maximum Gasteiger partial charge on any atom is 0.336 e. The highest BCUT2D eigenvalue weighted by molar-refractivity contribution is 7.10. The molecule has 0 saturated heterocycles. The average molecular weight is 383 g/mol. The number of nitrogens with one attached hydrogen (secondary N) is 1. The molecule has 1 N–H and O–H groups in total. The minimum Gasteiger partial charge on any atom is -0.331 e. The highest BCUT2D eigenvalue weighted by Gasteiger charge is 2.58. The summed E-state index contributed by atoms with van der Waals surface area (Å²) in [7, 11) is 1.95. The van der Waals surface area contributed by atoms with Gasteiger partial charge >= 0.3 is 6.03 Å². The Morgan fingerprint density at radius 2 is 2.11 bits per heavy atom. The fourth-order valence-electron chi connectivity index (χ4n) is 6.16. The van der Waals surface area contributed by atoms with Gasteiger partial charge in [0.15, 0.2) is 5.01 Å². The van der Waals surface area contributed by atoms with Crippen LogP contribution in [0.3, 0.4) is 0 Å². The van der Waals surface area contributed by atoms with E-state index in [1.165, 1.54) is 19.3 Å². The van der Waals surface area contributed by atoms with Crippen LogP contribution in [0, 0.1) is 36.0 Å². The molecule has 6 heteroatoms. The predicted octanol–water partition coefficient (Wildman–Crippen LogP) is 3.53. The third-order valence-corrected chi connectivity index (χ3v) is 7.55. The normalized spacial score (nSPS) is 36.7. The first kappa shape index (κ1) is 17.3. The van der Waals surface area contributed by atoms with E-state index < -0.39 is 0 Å². The number of rotatable bonds is 1. The molecule has 4 saturated carbocycles. The number of thiazole rings is 1. The van der Waals surface area contributed by atoms with E-state index in [9.17, 15) is 4.79 Å². The molecule has 1 aromatic heterocycles. The van der Waals surface area contributed by atoms with Gasteiger partial charge in [0.2, 0.25) is 0 Å². The SMILES string of the molecule is Cc1csc(C#CC23CC4CC(C2)CC(NC(=O)N2C=CCN2C)(C4)C3)n1. The van der Waals surface area contributed by atoms with Gasteiger partial charge in [0, 0.05) is 41.8 Å². The van der Waals surface area contributed by atoms with E-state index in [0.717, 1.165) is 36.5 Å². The van der Waals surface area contributed by atoms with Crippen molar-refractivity contribution >= 4 is 17.4 Å². The third kappa shape index (κ3) is 3.07. The van der Waals surface area contributed by atoms with Crippen molar-refractivity contribution in [3.8, 4) is 11.8 Å². The second-order valence-electron chi connectivity index (χ2n) is 9.07. The molecule has 2 unspecified atom stereocenters. The molecule has 0 aromatic carbocycles.